The van der Waals surface area contributed by atoms with Crippen molar-refractivity contribution in [1.29, 1.82) is 0 Å². The minimum Gasteiger partial charge on any atom is -0.385 e. The molecule has 0 radical (unpaired) electrons. The number of alkyl halides is 1. The van der Waals surface area contributed by atoms with Crippen molar-refractivity contribution in [1.82, 2.24) is 24.4 Å². The molecule has 3 aromatic rings. The van der Waals surface area contributed by atoms with Crippen LogP contribution < -0.4 is 4.90 Å². The molecule has 2 aromatic heterocycles. The van der Waals surface area contributed by atoms with Crippen LogP contribution in [0.5, 0.6) is 0 Å². The highest BCUT2D eigenvalue weighted by Crippen LogP contribution is 2.33. The highest BCUT2D eigenvalue weighted by molar-refractivity contribution is 6.33. The first kappa shape index (κ1) is 21.9. The first-order valence-corrected chi connectivity index (χ1v) is 11.0. The van der Waals surface area contributed by atoms with Crippen LogP contribution in [0.3, 0.4) is 0 Å². The molecule has 1 aliphatic rings. The van der Waals surface area contributed by atoms with Crippen molar-refractivity contribution in [3.63, 3.8) is 0 Å². The lowest BCUT2D eigenvalue weighted by Crippen LogP contribution is -2.47. The van der Waals surface area contributed by atoms with Crippen LogP contribution in [0.1, 0.15) is 12.2 Å². The van der Waals surface area contributed by atoms with Gasteiger partial charge in [-0.3, -0.25) is 4.90 Å². The molecule has 1 aliphatic heterocycles. The van der Waals surface area contributed by atoms with Crippen molar-refractivity contribution in [3.05, 3.63) is 35.1 Å². The Morgan fingerprint density at radius 1 is 1.06 bits per heavy atom. The van der Waals surface area contributed by atoms with E-state index >= 15 is 0 Å². The molecule has 0 amide bonds. The molecule has 0 saturated carbocycles. The molecule has 1 aromatic carbocycles. The lowest BCUT2D eigenvalue weighted by molar-refractivity contribution is 0.191. The molecule has 0 N–H and O–H groups in total. The molecule has 4 rings (SSSR count). The van der Waals surface area contributed by atoms with Gasteiger partial charge in [-0.2, -0.15) is 0 Å². The average molecular weight is 447 g/mol. The van der Waals surface area contributed by atoms with E-state index in [-0.39, 0.29) is 6.67 Å². The molecule has 0 bridgehead atoms. The number of halogens is 2. The van der Waals surface area contributed by atoms with E-state index in [0.717, 1.165) is 61.0 Å². The second-order valence-corrected chi connectivity index (χ2v) is 8.10. The summed E-state index contributed by atoms with van der Waals surface area (Å²) in [6.07, 6.45) is 0.833. The average Bonchev–Trinajstić information content (AvgIpc) is 3.12. The fourth-order valence-corrected chi connectivity index (χ4v) is 4.26. The van der Waals surface area contributed by atoms with E-state index in [4.69, 9.17) is 31.3 Å². The van der Waals surface area contributed by atoms with Gasteiger partial charge in [-0.15, -0.1) is 0 Å². The third kappa shape index (κ3) is 4.66. The van der Waals surface area contributed by atoms with Crippen molar-refractivity contribution in [2.45, 2.75) is 19.9 Å². The van der Waals surface area contributed by atoms with E-state index in [9.17, 15) is 4.39 Å². The van der Waals surface area contributed by atoms with Crippen LogP contribution in [0.15, 0.2) is 24.3 Å². The Hall–Kier alpha value is -2.29. The number of hydrogen-bond donors (Lipinski definition) is 0. The highest BCUT2D eigenvalue weighted by atomic mass is 35.5. The maximum absolute atomic E-state index is 12.7. The first-order valence-electron chi connectivity index (χ1n) is 10.6. The first-order chi connectivity index (χ1) is 15.1. The maximum Gasteiger partial charge on any atom is 0.166 e. The van der Waals surface area contributed by atoms with Crippen molar-refractivity contribution < 1.29 is 9.13 Å². The predicted octanol–water partition coefficient (Wildman–Crippen LogP) is 3.58. The predicted molar refractivity (Wildman–Crippen MR) is 122 cm³/mol. The summed E-state index contributed by atoms with van der Waals surface area (Å²) in [7, 11) is 1.70. The zero-order valence-corrected chi connectivity index (χ0v) is 18.8. The van der Waals surface area contributed by atoms with Crippen molar-refractivity contribution in [2.24, 2.45) is 0 Å². The van der Waals surface area contributed by atoms with Crippen LogP contribution in [-0.2, 0) is 11.3 Å². The minimum absolute atomic E-state index is 0.316. The molecule has 0 aliphatic carbocycles. The second kappa shape index (κ2) is 9.89. The number of fused-ring (bicyclic) bond motifs is 1. The monoisotopic (exact) mass is 446 g/mol. The summed E-state index contributed by atoms with van der Waals surface area (Å²) in [5, 5.41) is 0.650. The summed E-state index contributed by atoms with van der Waals surface area (Å²) in [4.78, 5) is 18.9. The van der Waals surface area contributed by atoms with Gasteiger partial charge in [-0.25, -0.2) is 19.3 Å². The van der Waals surface area contributed by atoms with Gasteiger partial charge in [-0.1, -0.05) is 23.7 Å². The topological polar surface area (TPSA) is 59.3 Å². The molecule has 0 spiro atoms. The Balaban J connectivity index is 1.78. The Morgan fingerprint density at radius 2 is 1.84 bits per heavy atom. The van der Waals surface area contributed by atoms with E-state index in [2.05, 4.69) is 14.4 Å². The number of benzene rings is 1. The van der Waals surface area contributed by atoms with Gasteiger partial charge in [-0.05, 0) is 25.5 Å². The summed E-state index contributed by atoms with van der Waals surface area (Å²) >= 11 is 6.52. The smallest absolute Gasteiger partial charge is 0.166 e. The van der Waals surface area contributed by atoms with Crippen LogP contribution in [0, 0.1) is 6.92 Å². The molecule has 3 heterocycles. The summed E-state index contributed by atoms with van der Waals surface area (Å²) in [6.45, 7) is 6.61. The fourth-order valence-electron chi connectivity index (χ4n) is 4.04. The Morgan fingerprint density at radius 3 is 2.55 bits per heavy atom. The number of hydrogen-bond acceptors (Lipinski definition) is 6. The van der Waals surface area contributed by atoms with Gasteiger partial charge in [0.25, 0.3) is 0 Å². The van der Waals surface area contributed by atoms with Gasteiger partial charge in [0.2, 0.25) is 0 Å². The van der Waals surface area contributed by atoms with Crippen LogP contribution >= 0.6 is 11.6 Å². The lowest BCUT2D eigenvalue weighted by atomic mass is 10.2. The van der Waals surface area contributed by atoms with Gasteiger partial charge < -0.3 is 14.2 Å². The standard InChI is InChI=1S/C22H28ClFN6O/c1-16-25-21(29-13-11-28(10-8-24)12-14-29)19-22(26-16)30(9-5-15-31-2)20(27-19)17-6-3-4-7-18(17)23/h3-4,6-7H,5,8-15H2,1-2H3. The lowest BCUT2D eigenvalue weighted by Gasteiger charge is -2.34. The molecular weight excluding hydrogens is 419 g/mol. The van der Waals surface area contributed by atoms with Crippen molar-refractivity contribution >= 4 is 28.6 Å². The number of nitrogens with zero attached hydrogens (tertiary/aromatic N) is 6. The van der Waals surface area contributed by atoms with Gasteiger partial charge in [0, 0.05) is 58.5 Å². The Bertz CT molecular complexity index is 1030. The molecule has 31 heavy (non-hydrogen) atoms. The summed E-state index contributed by atoms with van der Waals surface area (Å²) in [5.74, 6) is 2.32. The van der Waals surface area contributed by atoms with Gasteiger partial charge >= 0.3 is 0 Å². The molecular formula is C22H28ClFN6O. The van der Waals surface area contributed by atoms with Crippen LogP contribution in [0.25, 0.3) is 22.6 Å². The van der Waals surface area contributed by atoms with Crippen LogP contribution in [0.4, 0.5) is 10.2 Å². The fraction of sp³-hybridized carbons (Fsp3) is 0.500. The number of methoxy groups -OCH3 is 1. The second-order valence-electron chi connectivity index (χ2n) is 7.70. The molecule has 9 heteroatoms. The van der Waals surface area contributed by atoms with E-state index in [0.29, 0.717) is 30.5 Å². The van der Waals surface area contributed by atoms with Gasteiger partial charge in [0.15, 0.2) is 17.0 Å². The molecule has 1 saturated heterocycles. The number of piperazine rings is 1. The summed E-state index contributed by atoms with van der Waals surface area (Å²) < 4.78 is 20.1. The van der Waals surface area contributed by atoms with E-state index < -0.39 is 0 Å². The van der Waals surface area contributed by atoms with E-state index in [1.807, 2.05) is 31.2 Å². The number of aryl methyl sites for hydroxylation is 2. The number of rotatable bonds is 8. The minimum atomic E-state index is -0.316. The van der Waals surface area contributed by atoms with Crippen molar-refractivity contribution in [3.8, 4) is 11.4 Å². The summed E-state index contributed by atoms with van der Waals surface area (Å²) in [5.41, 5.74) is 2.45. The van der Waals surface area contributed by atoms with Gasteiger partial charge in [0.1, 0.15) is 18.3 Å². The molecule has 166 valence electrons. The van der Waals surface area contributed by atoms with E-state index in [1.54, 1.807) is 7.11 Å². The number of aromatic nitrogens is 4. The maximum atomic E-state index is 12.7. The highest BCUT2D eigenvalue weighted by Gasteiger charge is 2.25. The normalized spacial score (nSPS) is 15.2. The van der Waals surface area contributed by atoms with Crippen LogP contribution in [0.2, 0.25) is 5.02 Å². The SMILES string of the molecule is COCCCn1c(-c2ccccc2Cl)nc2c(N3CCN(CCF)CC3)nc(C)nc21. The zero-order valence-electron chi connectivity index (χ0n) is 18.0. The summed E-state index contributed by atoms with van der Waals surface area (Å²) in [6, 6.07) is 7.72. The third-order valence-electron chi connectivity index (χ3n) is 5.61. The quantitative estimate of drug-likeness (QED) is 0.493. The molecule has 7 nitrogen and oxygen atoms in total. The number of ether oxygens (including phenoxy) is 1. The third-order valence-corrected chi connectivity index (χ3v) is 5.94. The number of imidazole rings is 1. The van der Waals surface area contributed by atoms with Gasteiger partial charge in [0.05, 0.1) is 5.02 Å². The molecule has 0 atom stereocenters. The van der Waals surface area contributed by atoms with Crippen molar-refractivity contribution in [2.75, 3.05) is 58.0 Å². The Kier molecular flexibility index (Phi) is 6.99. The molecule has 0 unspecified atom stereocenters. The van der Waals surface area contributed by atoms with Crippen LogP contribution in [-0.4, -0.2) is 77.5 Å². The zero-order chi connectivity index (χ0) is 21.8. The number of anilines is 1. The molecule has 1 fully saturated rings. The Labute approximate surface area is 186 Å². The largest absolute Gasteiger partial charge is 0.385 e. The van der Waals surface area contributed by atoms with E-state index in [1.165, 1.54) is 0 Å².